The van der Waals surface area contributed by atoms with E-state index in [0.29, 0.717) is 0 Å². The Labute approximate surface area is 123 Å². The summed E-state index contributed by atoms with van der Waals surface area (Å²) in [7, 11) is -1.10. The van der Waals surface area contributed by atoms with Gasteiger partial charge < -0.3 is 13.0 Å². The summed E-state index contributed by atoms with van der Waals surface area (Å²) in [6.07, 6.45) is 0. The van der Waals surface area contributed by atoms with Crippen molar-refractivity contribution < 1.29 is 13.0 Å². The maximum atomic E-state index is 6.34. The van der Waals surface area contributed by atoms with Gasteiger partial charge in [0.05, 0.1) is 0 Å². The molecule has 0 aliphatic heterocycles. The lowest BCUT2D eigenvalue weighted by atomic mass is 10.4. The lowest BCUT2D eigenvalue weighted by Crippen LogP contribution is -2.61. The fourth-order valence-corrected chi connectivity index (χ4v) is 7.78. The Morgan fingerprint density at radius 1 is 0.750 bits per heavy atom. The first-order valence-corrected chi connectivity index (χ1v) is 10.4. The van der Waals surface area contributed by atoms with Gasteiger partial charge >= 0.3 is 9.53 Å². The van der Waals surface area contributed by atoms with Crippen LogP contribution in [-0.4, -0.2) is 32.1 Å². The highest BCUT2D eigenvalue weighted by molar-refractivity contribution is 6.98. The van der Waals surface area contributed by atoms with Crippen LogP contribution in [0.4, 0.5) is 0 Å². The number of benzene rings is 2. The molecule has 0 aliphatic carbocycles. The fourth-order valence-electron chi connectivity index (χ4n) is 2.20. The van der Waals surface area contributed by atoms with Crippen molar-refractivity contribution in [2.45, 2.75) is 6.55 Å². The molecule has 0 atom stereocenters. The van der Waals surface area contributed by atoms with Gasteiger partial charge in [0.2, 0.25) is 8.32 Å². The molecule has 0 amide bonds. The lowest BCUT2D eigenvalue weighted by molar-refractivity contribution is 0.201. The molecule has 0 unspecified atom stereocenters. The molecule has 106 valence electrons. The van der Waals surface area contributed by atoms with Crippen LogP contribution in [0.1, 0.15) is 0 Å². The Bertz CT molecular complexity index is 476. The summed E-state index contributed by atoms with van der Waals surface area (Å²) in [6.45, 7) is 2.19. The van der Waals surface area contributed by atoms with Crippen molar-refractivity contribution in [3.05, 3.63) is 60.7 Å². The summed E-state index contributed by atoms with van der Waals surface area (Å²) in [5, 5.41) is 2.44. The third kappa shape index (κ3) is 3.25. The smallest absolute Gasteiger partial charge is 0.409 e. The van der Waals surface area contributed by atoms with Crippen LogP contribution in [0, 0.1) is 0 Å². The second-order valence-electron chi connectivity index (χ2n) is 4.64. The van der Waals surface area contributed by atoms with E-state index < -0.39 is 17.8 Å². The second kappa shape index (κ2) is 6.96. The quantitative estimate of drug-likeness (QED) is 0.755. The summed E-state index contributed by atoms with van der Waals surface area (Å²) in [4.78, 5) is 0. The Morgan fingerprint density at radius 3 is 1.50 bits per heavy atom. The monoisotopic (exact) mass is 304 g/mol. The molecular weight excluding hydrogens is 284 g/mol. The summed E-state index contributed by atoms with van der Waals surface area (Å²) < 4.78 is 17.1. The zero-order valence-electron chi connectivity index (χ0n) is 12.1. The number of hydrogen-bond donors (Lipinski definition) is 0. The fraction of sp³-hybridized carbons (Fsp3) is 0.200. The zero-order valence-corrected chi connectivity index (χ0v) is 14.2. The average molecular weight is 304 g/mol. The minimum Gasteiger partial charge on any atom is -0.409 e. The van der Waals surface area contributed by atoms with E-state index in [0.717, 1.165) is 0 Å². The molecule has 0 heterocycles. The van der Waals surface area contributed by atoms with Gasteiger partial charge in [-0.15, -0.1) is 0 Å². The summed E-state index contributed by atoms with van der Waals surface area (Å²) in [5.74, 6) is 0. The van der Waals surface area contributed by atoms with E-state index in [4.69, 9.17) is 13.0 Å². The molecule has 0 N–H and O–H groups in total. The van der Waals surface area contributed by atoms with Crippen LogP contribution in [0.25, 0.3) is 0 Å². The van der Waals surface area contributed by atoms with E-state index in [2.05, 4.69) is 30.8 Å². The Kier molecular flexibility index (Phi) is 5.27. The van der Waals surface area contributed by atoms with Gasteiger partial charge in [-0.2, -0.15) is 0 Å². The highest BCUT2D eigenvalue weighted by Crippen LogP contribution is 2.09. The van der Waals surface area contributed by atoms with Crippen LogP contribution in [-0.2, 0) is 13.0 Å². The van der Waals surface area contributed by atoms with Crippen LogP contribution in [0.2, 0.25) is 6.55 Å². The third-order valence-corrected chi connectivity index (χ3v) is 9.66. The largest absolute Gasteiger partial charge is 0.473 e. The normalized spacial score (nSPS) is 11.8. The molecule has 0 bridgehead atoms. The van der Waals surface area contributed by atoms with Gasteiger partial charge in [-0.05, 0) is 16.9 Å². The predicted molar refractivity (Wildman–Crippen MR) is 86.0 cm³/mol. The van der Waals surface area contributed by atoms with Gasteiger partial charge in [0.15, 0.2) is 0 Å². The van der Waals surface area contributed by atoms with Crippen molar-refractivity contribution in [1.82, 2.24) is 0 Å². The molecule has 0 aliphatic rings. The first-order chi connectivity index (χ1) is 9.70. The van der Waals surface area contributed by atoms with E-state index in [-0.39, 0.29) is 0 Å². The SMILES string of the molecule is CO[SiH](OC)O[Si](C)(c1ccccc1)c1ccccc1. The van der Waals surface area contributed by atoms with Crippen LogP contribution in [0.3, 0.4) is 0 Å². The number of hydrogen-bond acceptors (Lipinski definition) is 3. The maximum absolute atomic E-state index is 6.34. The molecule has 0 saturated carbocycles. The molecule has 0 spiro atoms. The molecule has 0 saturated heterocycles. The average Bonchev–Trinajstić information content (AvgIpc) is 2.54. The van der Waals surface area contributed by atoms with E-state index in [9.17, 15) is 0 Å². The van der Waals surface area contributed by atoms with Crippen molar-refractivity contribution in [2.24, 2.45) is 0 Å². The molecule has 0 radical (unpaired) electrons. The van der Waals surface area contributed by atoms with Gasteiger partial charge in [0.1, 0.15) is 0 Å². The predicted octanol–water partition coefficient (Wildman–Crippen LogP) is 1.40. The van der Waals surface area contributed by atoms with Gasteiger partial charge in [-0.25, -0.2) is 0 Å². The summed E-state index contributed by atoms with van der Waals surface area (Å²) >= 11 is 0. The third-order valence-electron chi connectivity index (χ3n) is 3.37. The topological polar surface area (TPSA) is 27.7 Å². The lowest BCUT2D eigenvalue weighted by Gasteiger charge is -2.31. The molecule has 3 nitrogen and oxygen atoms in total. The minimum atomic E-state index is -2.29. The molecule has 2 aromatic carbocycles. The van der Waals surface area contributed by atoms with Crippen molar-refractivity contribution in [3.63, 3.8) is 0 Å². The summed E-state index contributed by atoms with van der Waals surface area (Å²) in [5.41, 5.74) is 0. The van der Waals surface area contributed by atoms with Crippen molar-refractivity contribution in [1.29, 1.82) is 0 Å². The Balaban J connectivity index is 2.43. The van der Waals surface area contributed by atoms with Crippen molar-refractivity contribution in [3.8, 4) is 0 Å². The molecule has 2 aromatic rings. The van der Waals surface area contributed by atoms with Crippen molar-refractivity contribution >= 4 is 28.2 Å². The summed E-state index contributed by atoms with van der Waals surface area (Å²) in [6, 6.07) is 20.7. The van der Waals surface area contributed by atoms with Gasteiger partial charge in [0.25, 0.3) is 0 Å². The van der Waals surface area contributed by atoms with Gasteiger partial charge in [-0.1, -0.05) is 60.7 Å². The Morgan fingerprint density at radius 2 is 1.15 bits per heavy atom. The van der Waals surface area contributed by atoms with E-state index in [1.165, 1.54) is 10.4 Å². The highest BCUT2D eigenvalue weighted by Gasteiger charge is 2.37. The van der Waals surface area contributed by atoms with E-state index in [1.54, 1.807) is 14.2 Å². The van der Waals surface area contributed by atoms with Crippen molar-refractivity contribution in [2.75, 3.05) is 14.2 Å². The molecular formula is C15H20O3Si2. The molecule has 5 heteroatoms. The van der Waals surface area contributed by atoms with Crippen LogP contribution >= 0.6 is 0 Å². The zero-order chi connectivity index (χ0) is 14.4. The highest BCUT2D eigenvalue weighted by atomic mass is 28.4. The van der Waals surface area contributed by atoms with E-state index in [1.807, 2.05) is 36.4 Å². The maximum Gasteiger partial charge on any atom is 0.473 e. The first-order valence-electron chi connectivity index (χ1n) is 6.55. The second-order valence-corrected chi connectivity index (χ2v) is 10.3. The van der Waals surface area contributed by atoms with Gasteiger partial charge in [0, 0.05) is 14.2 Å². The van der Waals surface area contributed by atoms with Crippen LogP contribution in [0.5, 0.6) is 0 Å². The molecule has 0 fully saturated rings. The first kappa shape index (κ1) is 15.1. The molecule has 0 aromatic heterocycles. The molecule has 2 rings (SSSR count). The molecule has 20 heavy (non-hydrogen) atoms. The minimum absolute atomic E-state index is 1.22. The van der Waals surface area contributed by atoms with Crippen LogP contribution in [0.15, 0.2) is 60.7 Å². The number of rotatable bonds is 6. The van der Waals surface area contributed by atoms with E-state index >= 15 is 0 Å². The van der Waals surface area contributed by atoms with Crippen LogP contribution < -0.4 is 10.4 Å². The Hall–Kier alpha value is -1.25. The van der Waals surface area contributed by atoms with Gasteiger partial charge in [-0.3, -0.25) is 0 Å². The standard InChI is InChI=1S/C15H20O3Si2/c1-16-19(17-2)18-20(3,14-10-6-4-7-11-14)15-12-8-5-9-13-15/h4-13,19H,1-3H3.